The molecule has 0 spiro atoms. The van der Waals surface area contributed by atoms with Crippen molar-refractivity contribution in [3.63, 3.8) is 0 Å². The van der Waals surface area contributed by atoms with Crippen molar-refractivity contribution in [1.82, 2.24) is 5.32 Å². The van der Waals surface area contributed by atoms with Crippen LogP contribution in [0.1, 0.15) is 33.1 Å². The zero-order valence-electron chi connectivity index (χ0n) is 8.31. The van der Waals surface area contributed by atoms with Gasteiger partial charge < -0.3 is 5.32 Å². The highest BCUT2D eigenvalue weighted by atomic mass is 16.1. The van der Waals surface area contributed by atoms with Crippen LogP contribution >= 0.6 is 0 Å². The van der Waals surface area contributed by atoms with Gasteiger partial charge in [0.1, 0.15) is 5.78 Å². The third-order valence-corrected chi connectivity index (χ3v) is 2.41. The Kier molecular flexibility index (Phi) is 4.83. The van der Waals surface area contributed by atoms with Crippen molar-refractivity contribution >= 4 is 5.78 Å². The summed E-state index contributed by atoms with van der Waals surface area (Å²) in [6, 6.07) is 0. The molecule has 0 aliphatic rings. The molecule has 0 saturated heterocycles. The van der Waals surface area contributed by atoms with Crippen LogP contribution in [0.2, 0.25) is 0 Å². The number of Topliss-reactive ketones (excluding diaryl/α,β-unsaturated/α-hetero) is 1. The van der Waals surface area contributed by atoms with Gasteiger partial charge in [-0.15, -0.1) is 6.58 Å². The molecule has 12 heavy (non-hydrogen) atoms. The van der Waals surface area contributed by atoms with E-state index in [4.69, 9.17) is 0 Å². The second-order valence-electron chi connectivity index (χ2n) is 3.32. The first-order valence-corrected chi connectivity index (χ1v) is 4.37. The maximum absolute atomic E-state index is 11.2. The number of allylic oxidation sites excluding steroid dienone is 1. The van der Waals surface area contributed by atoms with Crippen molar-refractivity contribution in [2.24, 2.45) is 0 Å². The lowest BCUT2D eigenvalue weighted by atomic mass is 9.91. The molecule has 0 rings (SSSR count). The number of likely N-dealkylation sites (N-methyl/N-ethyl adjacent to an activating group) is 1. The highest BCUT2D eigenvalue weighted by molar-refractivity contribution is 5.85. The fourth-order valence-corrected chi connectivity index (χ4v) is 1.08. The van der Waals surface area contributed by atoms with Crippen LogP contribution in [-0.4, -0.2) is 18.4 Å². The topological polar surface area (TPSA) is 29.1 Å². The first-order chi connectivity index (χ1) is 5.56. The summed E-state index contributed by atoms with van der Waals surface area (Å²) >= 11 is 0. The molecule has 0 saturated carbocycles. The van der Waals surface area contributed by atoms with Gasteiger partial charge in [0.05, 0.1) is 5.54 Å². The Labute approximate surface area is 75.0 Å². The van der Waals surface area contributed by atoms with Crippen molar-refractivity contribution < 1.29 is 4.79 Å². The van der Waals surface area contributed by atoms with Crippen molar-refractivity contribution in [1.29, 1.82) is 0 Å². The number of hydrogen-bond acceptors (Lipinski definition) is 2. The number of nitrogens with one attached hydrogen (secondary N) is 1. The van der Waals surface area contributed by atoms with Gasteiger partial charge in [0.2, 0.25) is 0 Å². The summed E-state index contributed by atoms with van der Waals surface area (Å²) in [7, 11) is 1.83. The third-order valence-electron chi connectivity index (χ3n) is 2.41. The second-order valence-corrected chi connectivity index (χ2v) is 3.32. The van der Waals surface area contributed by atoms with Crippen LogP contribution in [-0.2, 0) is 4.79 Å². The molecule has 0 amide bonds. The molecule has 0 fully saturated rings. The fraction of sp³-hybridized carbons (Fsp3) is 0.700. The van der Waals surface area contributed by atoms with Crippen molar-refractivity contribution in [2.45, 2.75) is 38.6 Å². The number of hydrogen-bond donors (Lipinski definition) is 1. The summed E-state index contributed by atoms with van der Waals surface area (Å²) in [5.41, 5.74) is -0.344. The van der Waals surface area contributed by atoms with Crippen molar-refractivity contribution in [2.75, 3.05) is 7.05 Å². The van der Waals surface area contributed by atoms with E-state index in [1.807, 2.05) is 20.0 Å². The zero-order chi connectivity index (χ0) is 9.61. The minimum absolute atomic E-state index is 0.203. The molecular weight excluding hydrogens is 150 g/mol. The molecule has 0 bridgehead atoms. The number of carbonyl (C=O) groups excluding carboxylic acids is 1. The van der Waals surface area contributed by atoms with E-state index >= 15 is 0 Å². The fourth-order valence-electron chi connectivity index (χ4n) is 1.08. The Morgan fingerprint density at radius 1 is 1.67 bits per heavy atom. The van der Waals surface area contributed by atoms with Gasteiger partial charge in [-0.2, -0.15) is 0 Å². The number of unbranched alkanes of at least 4 members (excludes halogenated alkanes) is 1. The standard InChI is InChI=1S/C10H19NO/c1-5-6-7-8-10(3,11-4)9(2)12/h5,11H,1,6-8H2,2-4H3. The van der Waals surface area contributed by atoms with E-state index < -0.39 is 0 Å². The highest BCUT2D eigenvalue weighted by Gasteiger charge is 2.26. The molecule has 2 nitrogen and oxygen atoms in total. The highest BCUT2D eigenvalue weighted by Crippen LogP contribution is 2.14. The molecular formula is C10H19NO. The summed E-state index contributed by atoms with van der Waals surface area (Å²) in [6.45, 7) is 7.22. The molecule has 1 atom stereocenters. The number of rotatable bonds is 6. The molecule has 2 heteroatoms. The summed E-state index contributed by atoms with van der Waals surface area (Å²) in [6.07, 6.45) is 4.76. The minimum atomic E-state index is -0.344. The summed E-state index contributed by atoms with van der Waals surface area (Å²) in [4.78, 5) is 11.2. The maximum Gasteiger partial charge on any atom is 0.149 e. The van der Waals surface area contributed by atoms with E-state index in [0.29, 0.717) is 0 Å². The molecule has 0 aromatic heterocycles. The Hall–Kier alpha value is -0.630. The minimum Gasteiger partial charge on any atom is -0.308 e. The summed E-state index contributed by atoms with van der Waals surface area (Å²) < 4.78 is 0. The van der Waals surface area contributed by atoms with Crippen LogP contribution < -0.4 is 5.32 Å². The van der Waals surface area contributed by atoms with E-state index in [9.17, 15) is 4.79 Å². The molecule has 1 N–H and O–H groups in total. The first-order valence-electron chi connectivity index (χ1n) is 4.37. The van der Waals surface area contributed by atoms with Gasteiger partial charge in [0.15, 0.2) is 0 Å². The van der Waals surface area contributed by atoms with Gasteiger partial charge in [-0.1, -0.05) is 6.08 Å². The molecule has 0 aliphatic carbocycles. The van der Waals surface area contributed by atoms with Crippen LogP contribution in [0.4, 0.5) is 0 Å². The Morgan fingerprint density at radius 2 is 2.25 bits per heavy atom. The monoisotopic (exact) mass is 169 g/mol. The molecule has 0 radical (unpaired) electrons. The first kappa shape index (κ1) is 11.4. The third kappa shape index (κ3) is 3.18. The molecule has 0 aromatic rings. The largest absolute Gasteiger partial charge is 0.308 e. The predicted octanol–water partition coefficient (Wildman–Crippen LogP) is 1.91. The Morgan fingerprint density at radius 3 is 2.58 bits per heavy atom. The van der Waals surface area contributed by atoms with E-state index in [2.05, 4.69) is 11.9 Å². The predicted molar refractivity (Wildman–Crippen MR) is 52.2 cm³/mol. The maximum atomic E-state index is 11.2. The van der Waals surface area contributed by atoms with Crippen LogP contribution in [0, 0.1) is 0 Å². The van der Waals surface area contributed by atoms with Gasteiger partial charge >= 0.3 is 0 Å². The van der Waals surface area contributed by atoms with Gasteiger partial charge in [-0.3, -0.25) is 4.79 Å². The van der Waals surface area contributed by atoms with Gasteiger partial charge in [0, 0.05) is 0 Å². The Balaban J connectivity index is 3.96. The SMILES string of the molecule is C=CCCCC(C)(NC)C(C)=O. The zero-order valence-corrected chi connectivity index (χ0v) is 8.31. The van der Waals surface area contributed by atoms with Crippen molar-refractivity contribution in [3.8, 4) is 0 Å². The lowest BCUT2D eigenvalue weighted by Crippen LogP contribution is -2.46. The van der Waals surface area contributed by atoms with Crippen molar-refractivity contribution in [3.05, 3.63) is 12.7 Å². The lowest BCUT2D eigenvalue weighted by molar-refractivity contribution is -0.122. The van der Waals surface area contributed by atoms with Crippen LogP contribution in [0.15, 0.2) is 12.7 Å². The van der Waals surface area contributed by atoms with Crippen LogP contribution in [0.3, 0.4) is 0 Å². The smallest absolute Gasteiger partial charge is 0.149 e. The number of carbonyl (C=O) groups is 1. The lowest BCUT2D eigenvalue weighted by Gasteiger charge is -2.25. The Bertz CT molecular complexity index is 165. The molecule has 0 heterocycles. The van der Waals surface area contributed by atoms with E-state index in [1.165, 1.54) is 0 Å². The molecule has 1 unspecified atom stereocenters. The second kappa shape index (κ2) is 5.09. The molecule has 0 aliphatic heterocycles. The molecule has 0 aromatic carbocycles. The van der Waals surface area contributed by atoms with Gasteiger partial charge in [-0.05, 0) is 40.2 Å². The van der Waals surface area contributed by atoms with E-state index in [-0.39, 0.29) is 11.3 Å². The van der Waals surface area contributed by atoms with Crippen LogP contribution in [0.25, 0.3) is 0 Å². The normalized spacial score (nSPS) is 15.2. The van der Waals surface area contributed by atoms with E-state index in [1.54, 1.807) is 6.92 Å². The van der Waals surface area contributed by atoms with E-state index in [0.717, 1.165) is 19.3 Å². The number of ketones is 1. The van der Waals surface area contributed by atoms with Gasteiger partial charge in [-0.25, -0.2) is 0 Å². The molecule has 70 valence electrons. The average Bonchev–Trinajstić information content (AvgIpc) is 2.04. The van der Waals surface area contributed by atoms with Crippen LogP contribution in [0.5, 0.6) is 0 Å². The quantitative estimate of drug-likeness (QED) is 0.486. The summed E-state index contributed by atoms with van der Waals surface area (Å²) in [5, 5.41) is 3.05. The average molecular weight is 169 g/mol. The van der Waals surface area contributed by atoms with Gasteiger partial charge in [0.25, 0.3) is 0 Å². The summed E-state index contributed by atoms with van der Waals surface area (Å²) in [5.74, 6) is 0.203.